The van der Waals surface area contributed by atoms with Crippen molar-refractivity contribution in [3.8, 4) is 0 Å². The zero-order chi connectivity index (χ0) is 16.8. The number of rotatable bonds is 6. The summed E-state index contributed by atoms with van der Waals surface area (Å²) in [5.74, 6) is 0. The summed E-state index contributed by atoms with van der Waals surface area (Å²) < 4.78 is 30.9. The molecule has 0 unspecified atom stereocenters. The second kappa shape index (κ2) is 8.42. The largest absolute Gasteiger partial charge is 0.302 e. The van der Waals surface area contributed by atoms with Gasteiger partial charge < -0.3 is 4.90 Å². The molecule has 0 atom stereocenters. The van der Waals surface area contributed by atoms with E-state index in [1.807, 2.05) is 16.9 Å². The summed E-state index contributed by atoms with van der Waals surface area (Å²) in [6, 6.07) is 1.94. The van der Waals surface area contributed by atoms with E-state index in [4.69, 9.17) is 0 Å². The van der Waals surface area contributed by atoms with Crippen molar-refractivity contribution in [2.75, 3.05) is 45.8 Å². The van der Waals surface area contributed by atoms with Gasteiger partial charge in [0.25, 0.3) is 10.2 Å². The molecule has 0 amide bonds. The number of nitrogens with zero attached hydrogens (tertiary/aromatic N) is 5. The quantitative estimate of drug-likeness (QED) is 0.764. The zero-order valence-electron chi connectivity index (χ0n) is 14.4. The Morgan fingerprint density at radius 2 is 1.58 bits per heavy atom. The third-order valence-electron chi connectivity index (χ3n) is 4.94. The molecule has 2 aliphatic heterocycles. The van der Waals surface area contributed by atoms with Crippen LogP contribution in [0, 0.1) is 0 Å². The molecule has 2 saturated heterocycles. The Kier molecular flexibility index (Phi) is 6.26. The summed E-state index contributed by atoms with van der Waals surface area (Å²) in [5.41, 5.74) is 0. The van der Waals surface area contributed by atoms with Gasteiger partial charge in [0.2, 0.25) is 0 Å². The first kappa shape index (κ1) is 17.8. The topological polar surface area (TPSA) is 61.7 Å². The standard InChI is InChI=1S/C16H29N5O2S/c22-24(23,20-12-2-1-3-13-20)21-14-6-9-18(15-16-21)8-5-11-19-10-4-7-17-19/h4,7,10H,1-3,5-6,8-9,11-16H2. The molecule has 3 heterocycles. The molecular formula is C16H29N5O2S. The Bertz CT molecular complexity index is 584. The van der Waals surface area contributed by atoms with Gasteiger partial charge in [0.15, 0.2) is 0 Å². The summed E-state index contributed by atoms with van der Waals surface area (Å²) in [7, 11) is -3.26. The zero-order valence-corrected chi connectivity index (χ0v) is 15.2. The molecule has 0 spiro atoms. The first-order valence-corrected chi connectivity index (χ1v) is 10.5. The SMILES string of the molecule is O=S(=O)(N1CCCCC1)N1CCCN(CCCn2cccn2)CC1. The second-order valence-electron chi connectivity index (χ2n) is 6.68. The first-order chi connectivity index (χ1) is 11.7. The molecule has 0 N–H and O–H groups in total. The van der Waals surface area contributed by atoms with Crippen molar-refractivity contribution in [1.29, 1.82) is 0 Å². The molecule has 136 valence electrons. The van der Waals surface area contributed by atoms with Gasteiger partial charge in [0, 0.05) is 51.7 Å². The number of aryl methyl sites for hydroxylation is 1. The van der Waals surface area contributed by atoms with Crippen LogP contribution in [0.4, 0.5) is 0 Å². The van der Waals surface area contributed by atoms with Crippen molar-refractivity contribution < 1.29 is 8.42 Å². The highest BCUT2D eigenvalue weighted by Crippen LogP contribution is 2.18. The lowest BCUT2D eigenvalue weighted by molar-refractivity contribution is 0.270. The van der Waals surface area contributed by atoms with Crippen LogP contribution in [0.2, 0.25) is 0 Å². The Balaban J connectivity index is 1.47. The van der Waals surface area contributed by atoms with Crippen LogP contribution in [0.3, 0.4) is 0 Å². The summed E-state index contributed by atoms with van der Waals surface area (Å²) in [5, 5.41) is 4.22. The van der Waals surface area contributed by atoms with Crippen LogP contribution < -0.4 is 0 Å². The van der Waals surface area contributed by atoms with E-state index in [1.54, 1.807) is 14.8 Å². The molecule has 2 aliphatic rings. The number of hydrogen-bond donors (Lipinski definition) is 0. The average molecular weight is 356 g/mol. The lowest BCUT2D eigenvalue weighted by Gasteiger charge is -2.31. The summed E-state index contributed by atoms with van der Waals surface area (Å²) in [6.45, 7) is 6.35. The van der Waals surface area contributed by atoms with Crippen LogP contribution in [0.25, 0.3) is 0 Å². The predicted molar refractivity (Wildman–Crippen MR) is 93.8 cm³/mol. The van der Waals surface area contributed by atoms with E-state index in [9.17, 15) is 8.42 Å². The van der Waals surface area contributed by atoms with Gasteiger partial charge in [-0.15, -0.1) is 0 Å². The highest BCUT2D eigenvalue weighted by Gasteiger charge is 2.31. The van der Waals surface area contributed by atoms with E-state index in [-0.39, 0.29) is 0 Å². The third-order valence-corrected chi connectivity index (χ3v) is 6.97. The van der Waals surface area contributed by atoms with Gasteiger partial charge >= 0.3 is 0 Å². The highest BCUT2D eigenvalue weighted by atomic mass is 32.2. The second-order valence-corrected chi connectivity index (χ2v) is 8.61. The summed E-state index contributed by atoms with van der Waals surface area (Å²) >= 11 is 0. The minimum atomic E-state index is -3.26. The fraction of sp³-hybridized carbons (Fsp3) is 0.812. The molecule has 8 heteroatoms. The fourth-order valence-electron chi connectivity index (χ4n) is 3.55. The maximum absolute atomic E-state index is 12.8. The van der Waals surface area contributed by atoms with Crippen LogP contribution in [0.5, 0.6) is 0 Å². The van der Waals surface area contributed by atoms with E-state index in [0.29, 0.717) is 26.2 Å². The molecule has 1 aromatic heterocycles. The van der Waals surface area contributed by atoms with E-state index in [1.165, 1.54) is 0 Å². The van der Waals surface area contributed by atoms with Crippen molar-refractivity contribution in [3.05, 3.63) is 18.5 Å². The predicted octanol–water partition coefficient (Wildman–Crippen LogP) is 1.01. The average Bonchev–Trinajstić information content (AvgIpc) is 2.99. The molecule has 3 rings (SSSR count). The number of aromatic nitrogens is 2. The summed E-state index contributed by atoms with van der Waals surface area (Å²) in [4.78, 5) is 2.38. The van der Waals surface area contributed by atoms with Crippen molar-refractivity contribution in [3.63, 3.8) is 0 Å². The van der Waals surface area contributed by atoms with Crippen molar-refractivity contribution in [2.45, 2.75) is 38.6 Å². The highest BCUT2D eigenvalue weighted by molar-refractivity contribution is 7.86. The Morgan fingerprint density at radius 3 is 2.33 bits per heavy atom. The Morgan fingerprint density at radius 1 is 0.833 bits per heavy atom. The number of piperidine rings is 1. The Labute approximate surface area is 145 Å². The Hall–Kier alpha value is -0.960. The van der Waals surface area contributed by atoms with E-state index in [0.717, 1.165) is 58.3 Å². The van der Waals surface area contributed by atoms with Crippen molar-refractivity contribution in [2.24, 2.45) is 0 Å². The molecule has 1 aromatic rings. The van der Waals surface area contributed by atoms with Gasteiger partial charge in [0.05, 0.1) is 0 Å². The minimum Gasteiger partial charge on any atom is -0.302 e. The third kappa shape index (κ3) is 4.56. The van der Waals surface area contributed by atoms with Gasteiger partial charge in [0.1, 0.15) is 0 Å². The molecule has 7 nitrogen and oxygen atoms in total. The van der Waals surface area contributed by atoms with Crippen LogP contribution in [-0.2, 0) is 16.8 Å². The fourth-order valence-corrected chi connectivity index (χ4v) is 5.27. The van der Waals surface area contributed by atoms with Crippen LogP contribution in [-0.4, -0.2) is 77.5 Å². The lowest BCUT2D eigenvalue weighted by atomic mass is 10.2. The summed E-state index contributed by atoms with van der Waals surface area (Å²) in [6.07, 6.45) is 8.87. The monoisotopic (exact) mass is 355 g/mol. The van der Waals surface area contributed by atoms with Gasteiger partial charge in [-0.25, -0.2) is 0 Å². The molecule has 2 fully saturated rings. The van der Waals surface area contributed by atoms with Gasteiger partial charge in [-0.3, -0.25) is 4.68 Å². The molecule has 0 aromatic carbocycles. The van der Waals surface area contributed by atoms with Crippen molar-refractivity contribution >= 4 is 10.2 Å². The molecule has 0 aliphatic carbocycles. The normalized spacial score (nSPS) is 22.5. The van der Waals surface area contributed by atoms with Crippen LogP contribution in [0.15, 0.2) is 18.5 Å². The minimum absolute atomic E-state index is 0.612. The van der Waals surface area contributed by atoms with Crippen molar-refractivity contribution in [1.82, 2.24) is 23.3 Å². The smallest absolute Gasteiger partial charge is 0.282 e. The molecular weight excluding hydrogens is 326 g/mol. The maximum Gasteiger partial charge on any atom is 0.282 e. The molecule has 0 radical (unpaired) electrons. The van der Waals surface area contributed by atoms with E-state index in [2.05, 4.69) is 10.00 Å². The number of hydrogen-bond acceptors (Lipinski definition) is 4. The maximum atomic E-state index is 12.8. The first-order valence-electron chi connectivity index (χ1n) is 9.11. The van der Waals surface area contributed by atoms with E-state index < -0.39 is 10.2 Å². The van der Waals surface area contributed by atoms with E-state index >= 15 is 0 Å². The van der Waals surface area contributed by atoms with Gasteiger partial charge in [-0.2, -0.15) is 22.1 Å². The van der Waals surface area contributed by atoms with Gasteiger partial charge in [-0.05, 0) is 44.8 Å². The van der Waals surface area contributed by atoms with Crippen LogP contribution in [0.1, 0.15) is 32.1 Å². The van der Waals surface area contributed by atoms with Crippen LogP contribution >= 0.6 is 0 Å². The molecule has 0 saturated carbocycles. The molecule has 24 heavy (non-hydrogen) atoms. The molecule has 0 bridgehead atoms. The lowest BCUT2D eigenvalue weighted by Crippen LogP contribution is -2.47. The van der Waals surface area contributed by atoms with Gasteiger partial charge in [-0.1, -0.05) is 6.42 Å².